The molecule has 0 saturated carbocycles. The van der Waals surface area contributed by atoms with Gasteiger partial charge in [-0.15, -0.1) is 0 Å². The van der Waals surface area contributed by atoms with Gasteiger partial charge in [0.15, 0.2) is 6.10 Å². The summed E-state index contributed by atoms with van der Waals surface area (Å²) in [6, 6.07) is 6.55. The molecular formula is C19H27N3O6S. The lowest BCUT2D eigenvalue weighted by Gasteiger charge is -2.29. The number of hydrogen-bond acceptors (Lipinski definition) is 7. The van der Waals surface area contributed by atoms with Gasteiger partial charge in [-0.05, 0) is 44.0 Å². The lowest BCUT2D eigenvalue weighted by molar-refractivity contribution is -0.156. The Balaban J connectivity index is 1.54. The van der Waals surface area contributed by atoms with Crippen LogP contribution in [0.25, 0.3) is 0 Å². The van der Waals surface area contributed by atoms with Crippen LogP contribution in [0.2, 0.25) is 0 Å². The van der Waals surface area contributed by atoms with Crippen molar-refractivity contribution in [3.05, 3.63) is 24.3 Å². The summed E-state index contributed by atoms with van der Waals surface area (Å²) in [7, 11) is -3.49. The summed E-state index contributed by atoms with van der Waals surface area (Å²) < 4.78 is 35.3. The fourth-order valence-electron chi connectivity index (χ4n) is 3.50. The molecule has 1 amide bonds. The van der Waals surface area contributed by atoms with E-state index in [9.17, 15) is 18.0 Å². The molecule has 1 aromatic rings. The monoisotopic (exact) mass is 425 g/mol. The van der Waals surface area contributed by atoms with Crippen LogP contribution in [0.4, 0.5) is 11.4 Å². The molecule has 0 radical (unpaired) electrons. The molecule has 160 valence electrons. The summed E-state index contributed by atoms with van der Waals surface area (Å²) in [5, 5.41) is 2.72. The van der Waals surface area contributed by atoms with Crippen molar-refractivity contribution in [1.29, 1.82) is 0 Å². The van der Waals surface area contributed by atoms with Crippen molar-refractivity contribution in [2.75, 3.05) is 49.3 Å². The molecule has 3 rings (SSSR count). The highest BCUT2D eigenvalue weighted by molar-refractivity contribution is 7.88. The maximum Gasteiger partial charge on any atom is 0.325 e. The zero-order chi connectivity index (χ0) is 21.0. The summed E-state index contributed by atoms with van der Waals surface area (Å²) in [5.41, 5.74) is 1.64. The number of amides is 1. The van der Waals surface area contributed by atoms with Gasteiger partial charge in [-0.1, -0.05) is 0 Å². The van der Waals surface area contributed by atoms with Gasteiger partial charge in [-0.2, -0.15) is 4.31 Å². The van der Waals surface area contributed by atoms with Crippen LogP contribution in [0.15, 0.2) is 24.3 Å². The van der Waals surface area contributed by atoms with Crippen molar-refractivity contribution in [3.63, 3.8) is 0 Å². The van der Waals surface area contributed by atoms with Crippen LogP contribution in [0.5, 0.6) is 0 Å². The summed E-state index contributed by atoms with van der Waals surface area (Å²) >= 11 is 0. The minimum absolute atomic E-state index is 0.286. The molecule has 2 atom stereocenters. The topological polar surface area (TPSA) is 105 Å². The van der Waals surface area contributed by atoms with E-state index < -0.39 is 34.0 Å². The largest absolute Gasteiger partial charge is 0.451 e. The van der Waals surface area contributed by atoms with Gasteiger partial charge in [0.1, 0.15) is 6.04 Å². The number of nitrogens with one attached hydrogen (secondary N) is 1. The Labute approximate surface area is 171 Å². The molecule has 2 aliphatic rings. The van der Waals surface area contributed by atoms with Gasteiger partial charge in [0.05, 0.1) is 19.5 Å². The molecule has 0 spiro atoms. The quantitative estimate of drug-likeness (QED) is 0.673. The lowest BCUT2D eigenvalue weighted by atomic mass is 10.2. The average Bonchev–Trinajstić information content (AvgIpc) is 3.20. The number of ether oxygens (including phenoxy) is 2. The van der Waals surface area contributed by atoms with Gasteiger partial charge < -0.3 is 19.7 Å². The Morgan fingerprint density at radius 3 is 2.45 bits per heavy atom. The third-order valence-corrected chi connectivity index (χ3v) is 6.36. The summed E-state index contributed by atoms with van der Waals surface area (Å²) in [4.78, 5) is 26.9. The number of hydrogen-bond donors (Lipinski definition) is 1. The third-order valence-electron chi connectivity index (χ3n) is 5.07. The fourth-order valence-corrected chi connectivity index (χ4v) is 4.61. The Morgan fingerprint density at radius 1 is 1.17 bits per heavy atom. The number of esters is 1. The van der Waals surface area contributed by atoms with E-state index in [1.54, 1.807) is 12.1 Å². The first-order chi connectivity index (χ1) is 13.8. The molecular weight excluding hydrogens is 398 g/mol. The molecule has 0 unspecified atom stereocenters. The van der Waals surface area contributed by atoms with Crippen LogP contribution in [0.1, 0.15) is 19.8 Å². The van der Waals surface area contributed by atoms with Crippen LogP contribution < -0.4 is 10.2 Å². The maximum atomic E-state index is 12.4. The Morgan fingerprint density at radius 2 is 1.83 bits per heavy atom. The second-order valence-electron chi connectivity index (χ2n) is 7.25. The minimum Gasteiger partial charge on any atom is -0.451 e. The van der Waals surface area contributed by atoms with Gasteiger partial charge in [-0.25, -0.2) is 8.42 Å². The summed E-state index contributed by atoms with van der Waals surface area (Å²) in [6.45, 7) is 4.79. The Kier molecular flexibility index (Phi) is 6.76. The predicted octanol–water partition coefficient (Wildman–Crippen LogP) is 0.817. The van der Waals surface area contributed by atoms with Gasteiger partial charge in [0, 0.05) is 31.0 Å². The smallest absolute Gasteiger partial charge is 0.325 e. The number of carbonyl (C=O) groups is 2. The number of benzene rings is 1. The third kappa shape index (κ3) is 5.46. The number of rotatable bonds is 6. The van der Waals surface area contributed by atoms with E-state index in [4.69, 9.17) is 9.47 Å². The van der Waals surface area contributed by atoms with E-state index in [-0.39, 0.29) is 6.54 Å². The standard InChI is InChI=1S/C19H27N3O6S/c1-14(28-19(24)17-4-3-9-22(17)29(2,25)26)18(23)20-15-5-7-16(8-6-15)21-10-12-27-13-11-21/h5-8,14,17H,3-4,9-13H2,1-2H3,(H,20,23)/t14-,17-/m1/s1. The lowest BCUT2D eigenvalue weighted by Crippen LogP contribution is -2.43. The number of morpholine rings is 1. The van der Waals surface area contributed by atoms with E-state index >= 15 is 0 Å². The van der Waals surface area contributed by atoms with E-state index in [1.807, 2.05) is 12.1 Å². The van der Waals surface area contributed by atoms with Gasteiger partial charge >= 0.3 is 5.97 Å². The number of anilines is 2. The summed E-state index contributed by atoms with van der Waals surface area (Å²) in [5.74, 6) is -1.17. The average molecular weight is 426 g/mol. The normalized spacial score (nSPS) is 21.6. The van der Waals surface area contributed by atoms with Crippen molar-refractivity contribution in [2.24, 2.45) is 0 Å². The van der Waals surface area contributed by atoms with E-state index in [0.717, 1.165) is 29.3 Å². The molecule has 2 saturated heterocycles. The highest BCUT2D eigenvalue weighted by Gasteiger charge is 2.38. The van der Waals surface area contributed by atoms with Crippen LogP contribution in [0.3, 0.4) is 0 Å². The first-order valence-corrected chi connectivity index (χ1v) is 11.5. The van der Waals surface area contributed by atoms with E-state index in [1.165, 1.54) is 6.92 Å². The molecule has 2 aliphatic heterocycles. The second-order valence-corrected chi connectivity index (χ2v) is 9.18. The van der Waals surface area contributed by atoms with Crippen LogP contribution in [-0.4, -0.2) is 75.8 Å². The van der Waals surface area contributed by atoms with Crippen molar-refractivity contribution in [3.8, 4) is 0 Å². The van der Waals surface area contributed by atoms with Crippen molar-refractivity contribution in [2.45, 2.75) is 31.9 Å². The van der Waals surface area contributed by atoms with Crippen molar-refractivity contribution < 1.29 is 27.5 Å². The minimum atomic E-state index is -3.49. The van der Waals surface area contributed by atoms with Crippen LogP contribution in [0, 0.1) is 0 Å². The first-order valence-electron chi connectivity index (χ1n) is 9.66. The molecule has 0 aromatic heterocycles. The highest BCUT2D eigenvalue weighted by atomic mass is 32.2. The highest BCUT2D eigenvalue weighted by Crippen LogP contribution is 2.22. The molecule has 0 aliphatic carbocycles. The Hall–Kier alpha value is -2.17. The zero-order valence-corrected chi connectivity index (χ0v) is 17.5. The van der Waals surface area contributed by atoms with Gasteiger partial charge in [0.25, 0.3) is 5.91 Å². The molecule has 2 heterocycles. The molecule has 1 aromatic carbocycles. The first kappa shape index (κ1) is 21.5. The summed E-state index contributed by atoms with van der Waals surface area (Å²) in [6.07, 6.45) is 1.00. The SMILES string of the molecule is C[C@@H](OC(=O)[C@H]1CCCN1S(C)(=O)=O)C(=O)Nc1ccc(N2CCOCC2)cc1. The fraction of sp³-hybridized carbons (Fsp3) is 0.579. The van der Waals surface area contributed by atoms with Crippen LogP contribution in [-0.2, 0) is 29.1 Å². The number of sulfonamides is 1. The van der Waals surface area contributed by atoms with Gasteiger partial charge in [-0.3, -0.25) is 9.59 Å². The molecule has 10 heteroatoms. The molecule has 9 nitrogen and oxygen atoms in total. The van der Waals surface area contributed by atoms with Crippen LogP contribution >= 0.6 is 0 Å². The molecule has 0 bridgehead atoms. The van der Waals surface area contributed by atoms with Crippen molar-refractivity contribution in [1.82, 2.24) is 4.31 Å². The maximum absolute atomic E-state index is 12.4. The second kappa shape index (κ2) is 9.10. The predicted molar refractivity (Wildman–Crippen MR) is 108 cm³/mol. The van der Waals surface area contributed by atoms with Crippen molar-refractivity contribution >= 4 is 33.3 Å². The molecule has 1 N–H and O–H groups in total. The van der Waals surface area contributed by atoms with E-state index in [0.29, 0.717) is 31.7 Å². The zero-order valence-electron chi connectivity index (χ0n) is 16.7. The number of carbonyl (C=O) groups excluding carboxylic acids is 2. The molecule has 29 heavy (non-hydrogen) atoms. The number of nitrogens with zero attached hydrogens (tertiary/aromatic N) is 2. The Bertz CT molecular complexity index is 836. The van der Waals surface area contributed by atoms with Gasteiger partial charge in [0.2, 0.25) is 10.0 Å². The van der Waals surface area contributed by atoms with E-state index in [2.05, 4.69) is 10.2 Å². The molecule has 2 fully saturated rings.